The van der Waals surface area contributed by atoms with Gasteiger partial charge >= 0.3 is 0 Å². The van der Waals surface area contributed by atoms with Crippen LogP contribution in [0.4, 0.5) is 0 Å². The van der Waals surface area contributed by atoms with Gasteiger partial charge in [0.25, 0.3) is 0 Å². The molecule has 7 nitrogen and oxygen atoms in total. The molecule has 4 rings (SSSR count). The molecule has 0 radical (unpaired) electrons. The molecule has 2 fully saturated rings. The van der Waals surface area contributed by atoms with Gasteiger partial charge in [-0.2, -0.15) is 0 Å². The standard InChI is InChI=1S/C21H29N3O4/c1-13-10-24(11-14-6-16(26-2)8-17(7-14)27-3)12-19(13)22-21(25)18-9-20(28-23-18)15-4-5-15/h6-9,13,15,19,21-22,25H,4-5,10-12H2,1-3H3/t13-,19+,21?/m0/s1. The van der Waals surface area contributed by atoms with Crippen molar-refractivity contribution in [2.45, 2.75) is 44.5 Å². The predicted molar refractivity (Wildman–Crippen MR) is 104 cm³/mol. The van der Waals surface area contributed by atoms with E-state index >= 15 is 0 Å². The van der Waals surface area contributed by atoms with E-state index in [-0.39, 0.29) is 6.04 Å². The molecule has 7 heteroatoms. The minimum absolute atomic E-state index is 0.184. The summed E-state index contributed by atoms with van der Waals surface area (Å²) in [6.07, 6.45) is 1.50. The third-order valence-corrected chi connectivity index (χ3v) is 5.68. The minimum Gasteiger partial charge on any atom is -0.497 e. The van der Waals surface area contributed by atoms with Gasteiger partial charge in [0.1, 0.15) is 23.0 Å². The number of aliphatic hydroxyl groups excluding tert-OH is 1. The Morgan fingerprint density at radius 3 is 2.54 bits per heavy atom. The van der Waals surface area contributed by atoms with E-state index in [0.717, 1.165) is 55.3 Å². The molecular weight excluding hydrogens is 358 g/mol. The van der Waals surface area contributed by atoms with Crippen molar-refractivity contribution in [2.75, 3.05) is 27.3 Å². The van der Waals surface area contributed by atoms with Crippen LogP contribution >= 0.6 is 0 Å². The van der Waals surface area contributed by atoms with Crippen LogP contribution in [0.25, 0.3) is 0 Å². The van der Waals surface area contributed by atoms with E-state index in [1.54, 1.807) is 14.2 Å². The highest BCUT2D eigenvalue weighted by Gasteiger charge is 2.33. The average molecular weight is 387 g/mol. The van der Waals surface area contributed by atoms with Crippen molar-refractivity contribution in [3.63, 3.8) is 0 Å². The van der Waals surface area contributed by atoms with E-state index in [0.29, 0.717) is 17.5 Å². The number of hydrogen-bond acceptors (Lipinski definition) is 7. The molecule has 1 saturated heterocycles. The van der Waals surface area contributed by atoms with Gasteiger partial charge in [-0.3, -0.25) is 10.2 Å². The molecule has 1 saturated carbocycles. The molecule has 2 aliphatic rings. The molecule has 1 aromatic heterocycles. The van der Waals surface area contributed by atoms with Gasteiger partial charge in [-0.15, -0.1) is 0 Å². The zero-order valence-electron chi connectivity index (χ0n) is 16.7. The zero-order chi connectivity index (χ0) is 19.7. The molecule has 1 aliphatic heterocycles. The predicted octanol–water partition coefficient (Wildman–Crippen LogP) is 2.67. The van der Waals surface area contributed by atoms with E-state index in [1.807, 2.05) is 24.3 Å². The molecule has 28 heavy (non-hydrogen) atoms. The lowest BCUT2D eigenvalue weighted by molar-refractivity contribution is 0.109. The van der Waals surface area contributed by atoms with Crippen LogP contribution in [0.3, 0.4) is 0 Å². The van der Waals surface area contributed by atoms with E-state index in [9.17, 15) is 5.11 Å². The van der Waals surface area contributed by atoms with Gasteiger partial charge in [0.2, 0.25) is 0 Å². The largest absolute Gasteiger partial charge is 0.497 e. The molecule has 0 spiro atoms. The molecule has 0 bridgehead atoms. The van der Waals surface area contributed by atoms with E-state index in [2.05, 4.69) is 22.3 Å². The summed E-state index contributed by atoms with van der Waals surface area (Å²) in [4.78, 5) is 2.38. The van der Waals surface area contributed by atoms with Crippen molar-refractivity contribution in [1.82, 2.24) is 15.4 Å². The lowest BCUT2D eigenvalue weighted by Gasteiger charge is -2.20. The Balaban J connectivity index is 1.36. The van der Waals surface area contributed by atoms with Gasteiger partial charge in [0.15, 0.2) is 6.23 Å². The zero-order valence-corrected chi connectivity index (χ0v) is 16.7. The smallest absolute Gasteiger partial charge is 0.151 e. The fourth-order valence-electron chi connectivity index (χ4n) is 3.91. The van der Waals surface area contributed by atoms with Crippen LogP contribution in [0.2, 0.25) is 0 Å². The monoisotopic (exact) mass is 387 g/mol. The summed E-state index contributed by atoms with van der Waals surface area (Å²) < 4.78 is 16.1. The summed E-state index contributed by atoms with van der Waals surface area (Å²) in [6, 6.07) is 8.03. The molecule has 1 aromatic carbocycles. The van der Waals surface area contributed by atoms with Crippen molar-refractivity contribution >= 4 is 0 Å². The number of methoxy groups -OCH3 is 2. The highest BCUT2D eigenvalue weighted by molar-refractivity contribution is 5.38. The normalized spacial score (nSPS) is 23.7. The second-order valence-corrected chi connectivity index (χ2v) is 8.00. The first-order chi connectivity index (χ1) is 13.6. The molecule has 0 amide bonds. The molecule has 1 aliphatic carbocycles. The SMILES string of the molecule is COc1cc(CN2C[C@H](C)[C@H](NC(O)c3cc(C4CC4)on3)C2)cc(OC)c1. The summed E-state index contributed by atoms with van der Waals surface area (Å²) in [5.41, 5.74) is 1.72. The number of ether oxygens (including phenoxy) is 2. The molecule has 3 atom stereocenters. The topological polar surface area (TPSA) is 80.0 Å². The first kappa shape index (κ1) is 19.2. The first-order valence-electron chi connectivity index (χ1n) is 9.90. The number of nitrogens with zero attached hydrogens (tertiary/aromatic N) is 2. The Kier molecular flexibility index (Phi) is 5.57. The Bertz CT molecular complexity index is 782. The fourth-order valence-corrected chi connectivity index (χ4v) is 3.91. The van der Waals surface area contributed by atoms with Crippen LogP contribution in [0, 0.1) is 5.92 Å². The first-order valence-corrected chi connectivity index (χ1v) is 9.90. The lowest BCUT2D eigenvalue weighted by Crippen LogP contribution is -2.38. The summed E-state index contributed by atoms with van der Waals surface area (Å²) in [6.45, 7) is 4.82. The van der Waals surface area contributed by atoms with Crippen LogP contribution < -0.4 is 14.8 Å². The summed E-state index contributed by atoms with van der Waals surface area (Å²) in [5, 5.41) is 17.9. The second-order valence-electron chi connectivity index (χ2n) is 8.00. The van der Waals surface area contributed by atoms with Gasteiger partial charge in [-0.1, -0.05) is 12.1 Å². The summed E-state index contributed by atoms with van der Waals surface area (Å²) in [7, 11) is 3.33. The quantitative estimate of drug-likeness (QED) is 0.674. The number of benzene rings is 1. The Morgan fingerprint density at radius 2 is 1.89 bits per heavy atom. The maximum absolute atomic E-state index is 10.5. The Labute approximate surface area is 165 Å². The molecule has 2 aromatic rings. The number of hydrogen-bond donors (Lipinski definition) is 2. The van der Waals surface area contributed by atoms with Gasteiger partial charge in [-0.05, 0) is 36.5 Å². The van der Waals surface area contributed by atoms with Crippen LogP contribution in [0.15, 0.2) is 28.8 Å². The van der Waals surface area contributed by atoms with Crippen molar-refractivity contribution in [3.05, 3.63) is 41.3 Å². The molecule has 152 valence electrons. The number of aromatic nitrogens is 1. The maximum Gasteiger partial charge on any atom is 0.151 e. The van der Waals surface area contributed by atoms with Gasteiger partial charge in [-0.25, -0.2) is 0 Å². The van der Waals surface area contributed by atoms with Crippen molar-refractivity contribution in [3.8, 4) is 11.5 Å². The van der Waals surface area contributed by atoms with E-state index < -0.39 is 6.23 Å². The molecule has 2 N–H and O–H groups in total. The van der Waals surface area contributed by atoms with Crippen molar-refractivity contribution in [2.24, 2.45) is 5.92 Å². The third kappa shape index (κ3) is 4.32. The number of rotatable bonds is 8. The summed E-state index contributed by atoms with van der Waals surface area (Å²) >= 11 is 0. The maximum atomic E-state index is 10.5. The Morgan fingerprint density at radius 1 is 1.18 bits per heavy atom. The molecule has 1 unspecified atom stereocenters. The highest BCUT2D eigenvalue weighted by Crippen LogP contribution is 2.40. The molecular formula is C21H29N3O4. The van der Waals surface area contributed by atoms with Crippen LogP contribution in [0.5, 0.6) is 11.5 Å². The number of nitrogens with one attached hydrogen (secondary N) is 1. The van der Waals surface area contributed by atoms with Gasteiger partial charge < -0.3 is 19.1 Å². The van der Waals surface area contributed by atoms with Crippen molar-refractivity contribution in [1.29, 1.82) is 0 Å². The van der Waals surface area contributed by atoms with E-state index in [4.69, 9.17) is 14.0 Å². The van der Waals surface area contributed by atoms with Gasteiger partial charge in [0, 0.05) is 43.7 Å². The third-order valence-electron chi connectivity index (χ3n) is 5.68. The van der Waals surface area contributed by atoms with Crippen LogP contribution in [-0.2, 0) is 6.54 Å². The van der Waals surface area contributed by atoms with Gasteiger partial charge in [0.05, 0.1) is 14.2 Å². The highest BCUT2D eigenvalue weighted by atomic mass is 16.5. The minimum atomic E-state index is -0.805. The van der Waals surface area contributed by atoms with Crippen LogP contribution in [0.1, 0.15) is 48.9 Å². The van der Waals surface area contributed by atoms with Crippen molar-refractivity contribution < 1.29 is 19.1 Å². The number of aliphatic hydroxyl groups is 1. The molecule has 2 heterocycles. The summed E-state index contributed by atoms with van der Waals surface area (Å²) in [5.74, 6) is 3.39. The second kappa shape index (κ2) is 8.11. The van der Waals surface area contributed by atoms with E-state index in [1.165, 1.54) is 0 Å². The Hall–Kier alpha value is -2.09. The lowest BCUT2D eigenvalue weighted by atomic mass is 10.1. The fraction of sp³-hybridized carbons (Fsp3) is 0.571. The van der Waals surface area contributed by atoms with Crippen LogP contribution in [-0.4, -0.2) is 48.5 Å². The number of likely N-dealkylation sites (tertiary alicyclic amines) is 1. The average Bonchev–Trinajstić information content (AvgIpc) is 3.32.